The zero-order valence-corrected chi connectivity index (χ0v) is 25.5. The molecule has 35 heavy (non-hydrogen) atoms. The van der Waals surface area contributed by atoms with Crippen LogP contribution >= 0.6 is 0 Å². The molecular formula is C34H59N. The van der Waals surface area contributed by atoms with Gasteiger partial charge in [0.15, 0.2) is 0 Å². The number of anilines is 1. The van der Waals surface area contributed by atoms with Gasteiger partial charge in [-0.1, -0.05) is 72.9 Å². The monoisotopic (exact) mass is 481 g/mol. The van der Waals surface area contributed by atoms with Gasteiger partial charge in [-0.15, -0.1) is 0 Å². The molecule has 0 aliphatic heterocycles. The summed E-state index contributed by atoms with van der Waals surface area (Å²) >= 11 is 0. The van der Waals surface area contributed by atoms with Crippen molar-refractivity contribution in [3.05, 3.63) is 28.8 Å². The Hall–Kier alpha value is -0.980. The van der Waals surface area contributed by atoms with Gasteiger partial charge in [-0.25, -0.2) is 0 Å². The molecule has 1 spiro atoms. The molecule has 1 aromatic rings. The van der Waals surface area contributed by atoms with Gasteiger partial charge in [0.05, 0.1) is 0 Å². The maximum absolute atomic E-state index is 2.73. The molecule has 0 heterocycles. The van der Waals surface area contributed by atoms with Crippen molar-refractivity contribution in [1.29, 1.82) is 0 Å². The van der Waals surface area contributed by atoms with Gasteiger partial charge < -0.3 is 4.90 Å². The Balaban J connectivity index is 2.09. The van der Waals surface area contributed by atoms with Crippen LogP contribution in [0.1, 0.15) is 157 Å². The number of hydrogen-bond acceptors (Lipinski definition) is 1. The maximum atomic E-state index is 2.73. The molecule has 2 fully saturated rings. The van der Waals surface area contributed by atoms with Gasteiger partial charge in [-0.2, -0.15) is 0 Å². The largest absolute Gasteiger partial charge is 0.364 e. The lowest BCUT2D eigenvalue weighted by Gasteiger charge is -2.45. The highest BCUT2D eigenvalue weighted by atomic mass is 15.2. The average Bonchev–Trinajstić information content (AvgIpc) is 2.68. The van der Waals surface area contributed by atoms with Crippen LogP contribution < -0.4 is 4.90 Å². The first-order chi connectivity index (χ1) is 16.0. The first kappa shape index (κ1) is 28.6. The van der Waals surface area contributed by atoms with Crippen LogP contribution in [-0.4, -0.2) is 11.6 Å². The molecule has 3 rings (SSSR count). The third-order valence-corrected chi connectivity index (χ3v) is 8.64. The zero-order chi connectivity index (χ0) is 26.2. The number of rotatable bonds is 5. The van der Waals surface area contributed by atoms with Crippen LogP contribution in [-0.2, 0) is 12.8 Å². The molecule has 0 atom stereocenters. The summed E-state index contributed by atoms with van der Waals surface area (Å²) < 4.78 is 0. The van der Waals surface area contributed by atoms with Crippen molar-refractivity contribution in [3.63, 3.8) is 0 Å². The normalized spacial score (nSPS) is 20.0. The Morgan fingerprint density at radius 1 is 0.743 bits per heavy atom. The molecule has 200 valence electrons. The molecule has 0 bridgehead atoms. The van der Waals surface area contributed by atoms with E-state index in [1.165, 1.54) is 57.8 Å². The van der Waals surface area contributed by atoms with Crippen molar-refractivity contribution in [1.82, 2.24) is 0 Å². The minimum absolute atomic E-state index is 0.0904. The van der Waals surface area contributed by atoms with E-state index in [2.05, 4.69) is 93.2 Å². The van der Waals surface area contributed by atoms with E-state index in [-0.39, 0.29) is 16.4 Å². The summed E-state index contributed by atoms with van der Waals surface area (Å²) in [6, 6.07) is 5.80. The quantitative estimate of drug-likeness (QED) is 0.404. The van der Waals surface area contributed by atoms with Gasteiger partial charge in [0.2, 0.25) is 0 Å². The highest BCUT2D eigenvalue weighted by Crippen LogP contribution is 2.52. The molecule has 2 aliphatic rings. The zero-order valence-electron chi connectivity index (χ0n) is 25.5. The van der Waals surface area contributed by atoms with E-state index in [0.717, 1.165) is 18.8 Å². The molecule has 0 radical (unpaired) electrons. The topological polar surface area (TPSA) is 3.24 Å². The summed E-state index contributed by atoms with van der Waals surface area (Å²) in [4.78, 5) is 2.73. The Morgan fingerprint density at radius 3 is 1.57 bits per heavy atom. The Labute approximate surface area is 219 Å². The van der Waals surface area contributed by atoms with Crippen LogP contribution in [0.5, 0.6) is 0 Å². The van der Waals surface area contributed by atoms with Gasteiger partial charge in [0, 0.05) is 17.3 Å². The van der Waals surface area contributed by atoms with Crippen LogP contribution in [0.2, 0.25) is 0 Å². The second-order valence-electron chi connectivity index (χ2n) is 16.1. The summed E-state index contributed by atoms with van der Waals surface area (Å²) in [6.45, 7) is 26.4. The SMILES string of the molecule is CC(C)N(c1c(CC(C)(C)C)cc(C2CCC3(CCCCC3)CC2)cc1CC(C)(C)C)C(C)(C)C. The van der Waals surface area contributed by atoms with E-state index in [1.807, 2.05) is 0 Å². The molecule has 1 heteroatoms. The smallest absolute Gasteiger partial charge is 0.0438 e. The van der Waals surface area contributed by atoms with E-state index in [4.69, 9.17) is 0 Å². The number of hydrogen-bond donors (Lipinski definition) is 0. The third-order valence-electron chi connectivity index (χ3n) is 8.64. The average molecular weight is 482 g/mol. The van der Waals surface area contributed by atoms with Gasteiger partial charge in [-0.3, -0.25) is 0 Å². The molecule has 0 N–H and O–H groups in total. The Morgan fingerprint density at radius 2 is 1.20 bits per heavy atom. The Kier molecular flexibility index (Phi) is 8.51. The van der Waals surface area contributed by atoms with E-state index in [0.29, 0.717) is 11.5 Å². The van der Waals surface area contributed by atoms with Crippen LogP contribution in [0.3, 0.4) is 0 Å². The highest BCUT2D eigenvalue weighted by Gasteiger charge is 2.37. The van der Waals surface area contributed by atoms with Crippen molar-refractivity contribution in [2.24, 2.45) is 16.2 Å². The van der Waals surface area contributed by atoms with Crippen molar-refractivity contribution in [2.75, 3.05) is 4.90 Å². The second kappa shape index (κ2) is 10.4. The van der Waals surface area contributed by atoms with Gasteiger partial charge in [-0.05, 0) is 125 Å². The van der Waals surface area contributed by atoms with Gasteiger partial charge in [0.1, 0.15) is 0 Å². The summed E-state index contributed by atoms with van der Waals surface area (Å²) in [6.07, 6.45) is 15.4. The molecule has 0 aromatic heterocycles. The molecule has 0 amide bonds. The number of benzene rings is 1. The Bertz CT molecular complexity index is 786. The standard InChI is InChI=1S/C34H59N/c1-25(2)35(33(9,10)11)30-28(23-31(3,4)5)21-27(22-29(30)24-32(6,7)8)26-15-19-34(20-16-26)17-13-12-14-18-34/h21-22,25-26H,12-20,23-24H2,1-11H3. The van der Waals surface area contributed by atoms with Crippen molar-refractivity contribution >= 4 is 5.69 Å². The highest BCUT2D eigenvalue weighted by molar-refractivity contribution is 5.64. The van der Waals surface area contributed by atoms with Gasteiger partial charge >= 0.3 is 0 Å². The summed E-state index contributed by atoms with van der Waals surface area (Å²) in [5, 5.41) is 0. The van der Waals surface area contributed by atoms with Crippen LogP contribution in [0.15, 0.2) is 12.1 Å². The minimum Gasteiger partial charge on any atom is -0.364 e. The van der Waals surface area contributed by atoms with E-state index in [9.17, 15) is 0 Å². The third kappa shape index (κ3) is 7.52. The van der Waals surface area contributed by atoms with Crippen molar-refractivity contribution in [3.8, 4) is 0 Å². The second-order valence-corrected chi connectivity index (χ2v) is 16.1. The molecule has 1 nitrogen and oxygen atoms in total. The van der Waals surface area contributed by atoms with Crippen molar-refractivity contribution < 1.29 is 0 Å². The summed E-state index contributed by atoms with van der Waals surface area (Å²) in [7, 11) is 0. The fourth-order valence-corrected chi connectivity index (χ4v) is 7.48. The van der Waals surface area contributed by atoms with Gasteiger partial charge in [0.25, 0.3) is 0 Å². The molecule has 2 saturated carbocycles. The first-order valence-corrected chi connectivity index (χ1v) is 14.9. The summed E-state index contributed by atoms with van der Waals surface area (Å²) in [5.74, 6) is 0.746. The molecule has 0 unspecified atom stereocenters. The predicted molar refractivity (Wildman–Crippen MR) is 157 cm³/mol. The molecular weight excluding hydrogens is 422 g/mol. The molecule has 1 aromatic carbocycles. The van der Waals surface area contributed by atoms with Crippen molar-refractivity contribution in [2.45, 2.75) is 164 Å². The lowest BCUT2D eigenvalue weighted by molar-refractivity contribution is 0.114. The summed E-state index contributed by atoms with van der Waals surface area (Å²) in [5.41, 5.74) is 7.70. The van der Waals surface area contributed by atoms with E-state index < -0.39 is 0 Å². The van der Waals surface area contributed by atoms with Crippen LogP contribution in [0.25, 0.3) is 0 Å². The number of nitrogens with zero attached hydrogens (tertiary/aromatic N) is 1. The molecule has 0 saturated heterocycles. The fourth-order valence-electron chi connectivity index (χ4n) is 7.48. The van der Waals surface area contributed by atoms with E-state index in [1.54, 1.807) is 22.4 Å². The van der Waals surface area contributed by atoms with Crippen LogP contribution in [0.4, 0.5) is 5.69 Å². The van der Waals surface area contributed by atoms with E-state index >= 15 is 0 Å². The maximum Gasteiger partial charge on any atom is 0.0438 e. The lowest BCUT2D eigenvalue weighted by Crippen LogP contribution is -2.47. The van der Waals surface area contributed by atoms with Crippen LogP contribution in [0, 0.1) is 16.2 Å². The predicted octanol–water partition coefficient (Wildman–Crippen LogP) is 10.5. The fraction of sp³-hybridized carbons (Fsp3) is 0.824. The molecule has 2 aliphatic carbocycles. The minimum atomic E-state index is 0.0904. The first-order valence-electron chi connectivity index (χ1n) is 14.9. The lowest BCUT2D eigenvalue weighted by atomic mass is 9.62.